The second kappa shape index (κ2) is 12.2. The lowest BCUT2D eigenvalue weighted by atomic mass is 10.0. The third kappa shape index (κ3) is 8.00. The molecule has 200 valence electrons. The van der Waals surface area contributed by atoms with Crippen molar-refractivity contribution in [1.82, 2.24) is 15.2 Å². The highest BCUT2D eigenvalue weighted by molar-refractivity contribution is 5.98. The number of nitrogens with zero attached hydrogens (tertiary/aromatic N) is 2. The summed E-state index contributed by atoms with van der Waals surface area (Å²) in [5.41, 5.74) is 5.90. The van der Waals surface area contributed by atoms with Crippen molar-refractivity contribution in [3.8, 4) is 0 Å². The maximum atomic E-state index is 13.1. The number of hydrazine groups is 1. The molecule has 1 aliphatic rings. The van der Waals surface area contributed by atoms with E-state index in [0.717, 1.165) is 17.7 Å². The zero-order chi connectivity index (χ0) is 27.2. The summed E-state index contributed by atoms with van der Waals surface area (Å²) >= 11 is 0. The van der Waals surface area contributed by atoms with Crippen LogP contribution in [0.1, 0.15) is 24.0 Å². The molecule has 1 aliphatic heterocycles. The Bertz CT molecular complexity index is 1090. The molecule has 9 nitrogen and oxygen atoms in total. The molecular weight excluding hydrogens is 489 g/mol. The first kappa shape index (κ1) is 28.1. The Labute approximate surface area is 212 Å². The van der Waals surface area contributed by atoms with E-state index in [1.807, 2.05) is 30.3 Å². The minimum Gasteiger partial charge on any atom is -0.343 e. The summed E-state index contributed by atoms with van der Waals surface area (Å²) in [6.45, 7) is 1.03. The molecule has 37 heavy (non-hydrogen) atoms. The van der Waals surface area contributed by atoms with Crippen molar-refractivity contribution in [3.63, 3.8) is 0 Å². The minimum absolute atomic E-state index is 0.0608. The largest absolute Gasteiger partial charge is 0.416 e. The molecule has 3 amide bonds. The van der Waals surface area contributed by atoms with Gasteiger partial charge in [-0.15, -0.1) is 0 Å². The number of nitrogens with two attached hydrogens (primary N) is 2. The highest BCUT2D eigenvalue weighted by Gasteiger charge is 2.33. The van der Waals surface area contributed by atoms with Gasteiger partial charge >= 0.3 is 6.18 Å². The Morgan fingerprint density at radius 3 is 2.38 bits per heavy atom. The number of likely N-dealkylation sites (N-methyl/N-ethyl adjacent to an activating group) is 1. The van der Waals surface area contributed by atoms with Crippen LogP contribution < -0.4 is 22.2 Å². The van der Waals surface area contributed by atoms with Gasteiger partial charge in [0.15, 0.2) is 0 Å². The number of hydrogen-bond donors (Lipinski definition) is 4. The smallest absolute Gasteiger partial charge is 0.343 e. The van der Waals surface area contributed by atoms with Crippen molar-refractivity contribution < 1.29 is 27.6 Å². The molecule has 2 aromatic rings. The molecule has 0 bridgehead atoms. The normalized spacial score (nSPS) is 15.8. The molecule has 2 unspecified atom stereocenters. The van der Waals surface area contributed by atoms with E-state index in [-0.39, 0.29) is 30.5 Å². The first-order chi connectivity index (χ1) is 17.4. The van der Waals surface area contributed by atoms with Gasteiger partial charge in [-0.2, -0.15) is 13.2 Å². The van der Waals surface area contributed by atoms with E-state index in [1.54, 1.807) is 12.1 Å². The minimum atomic E-state index is -4.57. The maximum absolute atomic E-state index is 13.1. The third-order valence-corrected chi connectivity index (χ3v) is 6.22. The molecule has 0 aromatic heterocycles. The number of halogens is 3. The van der Waals surface area contributed by atoms with E-state index in [0.29, 0.717) is 19.5 Å². The number of rotatable bonds is 10. The second-order valence-corrected chi connectivity index (χ2v) is 9.08. The third-order valence-electron chi connectivity index (χ3n) is 6.22. The SMILES string of the molecule is CN(C(=O)CC(N)C(=O)NC(CCc1ccccc1)C(=O)Nc1cccc(C(F)(F)F)c1)C1CN(N)C1. The molecule has 12 heteroatoms. The van der Waals surface area contributed by atoms with Gasteiger partial charge in [0.2, 0.25) is 17.7 Å². The van der Waals surface area contributed by atoms with Gasteiger partial charge in [0.25, 0.3) is 0 Å². The first-order valence-electron chi connectivity index (χ1n) is 11.8. The van der Waals surface area contributed by atoms with Crippen molar-refractivity contribution >= 4 is 23.4 Å². The molecule has 2 aromatic carbocycles. The van der Waals surface area contributed by atoms with E-state index in [9.17, 15) is 27.6 Å². The van der Waals surface area contributed by atoms with Crippen molar-refractivity contribution in [2.24, 2.45) is 11.6 Å². The van der Waals surface area contributed by atoms with Gasteiger partial charge < -0.3 is 21.3 Å². The number of carbonyl (C=O) groups excluding carboxylic acids is 3. The van der Waals surface area contributed by atoms with Crippen LogP contribution in [-0.4, -0.2) is 65.9 Å². The predicted octanol–water partition coefficient (Wildman–Crippen LogP) is 1.50. The molecule has 2 atom stereocenters. The summed E-state index contributed by atoms with van der Waals surface area (Å²) in [7, 11) is 1.61. The Morgan fingerprint density at radius 2 is 1.76 bits per heavy atom. The van der Waals surface area contributed by atoms with Gasteiger partial charge in [-0.1, -0.05) is 36.4 Å². The lowest BCUT2D eigenvalue weighted by Crippen LogP contribution is -2.62. The van der Waals surface area contributed by atoms with Crippen LogP contribution in [0.25, 0.3) is 0 Å². The van der Waals surface area contributed by atoms with Crippen LogP contribution in [0.15, 0.2) is 54.6 Å². The summed E-state index contributed by atoms with van der Waals surface area (Å²) in [5, 5.41) is 6.56. The molecule has 0 spiro atoms. The molecule has 1 fully saturated rings. The van der Waals surface area contributed by atoms with E-state index >= 15 is 0 Å². The van der Waals surface area contributed by atoms with E-state index in [2.05, 4.69) is 10.6 Å². The average Bonchev–Trinajstić information content (AvgIpc) is 2.84. The number of anilines is 1. The van der Waals surface area contributed by atoms with Gasteiger partial charge in [0.1, 0.15) is 6.04 Å². The molecular formula is C25H31F3N6O3. The maximum Gasteiger partial charge on any atom is 0.416 e. The van der Waals surface area contributed by atoms with Gasteiger partial charge in [-0.3, -0.25) is 20.2 Å². The fourth-order valence-electron chi connectivity index (χ4n) is 3.87. The lowest BCUT2D eigenvalue weighted by Gasteiger charge is -2.41. The Balaban J connectivity index is 1.66. The summed E-state index contributed by atoms with van der Waals surface area (Å²) < 4.78 is 39.2. The van der Waals surface area contributed by atoms with E-state index in [4.69, 9.17) is 11.6 Å². The zero-order valence-corrected chi connectivity index (χ0v) is 20.4. The quantitative estimate of drug-likeness (QED) is 0.351. The van der Waals surface area contributed by atoms with E-state index in [1.165, 1.54) is 17.0 Å². The van der Waals surface area contributed by atoms with Crippen molar-refractivity contribution in [3.05, 3.63) is 65.7 Å². The van der Waals surface area contributed by atoms with Crippen molar-refractivity contribution in [1.29, 1.82) is 0 Å². The number of alkyl halides is 3. The van der Waals surface area contributed by atoms with Crippen LogP contribution in [0.5, 0.6) is 0 Å². The molecule has 1 saturated heterocycles. The topological polar surface area (TPSA) is 134 Å². The van der Waals surface area contributed by atoms with Crippen molar-refractivity contribution in [2.75, 3.05) is 25.5 Å². The van der Waals surface area contributed by atoms with Crippen LogP contribution in [0.4, 0.5) is 18.9 Å². The van der Waals surface area contributed by atoms with Crippen molar-refractivity contribution in [2.45, 2.75) is 43.6 Å². The Hall–Kier alpha value is -3.48. The first-order valence-corrected chi connectivity index (χ1v) is 11.8. The fraction of sp³-hybridized carbons (Fsp3) is 0.400. The predicted molar refractivity (Wildman–Crippen MR) is 132 cm³/mol. The summed E-state index contributed by atoms with van der Waals surface area (Å²) in [4.78, 5) is 39.8. The van der Waals surface area contributed by atoms with Crippen LogP contribution >= 0.6 is 0 Å². The van der Waals surface area contributed by atoms with Crippen LogP contribution in [0, 0.1) is 0 Å². The van der Waals surface area contributed by atoms with Crippen LogP contribution in [0.2, 0.25) is 0 Å². The van der Waals surface area contributed by atoms with Gasteiger partial charge in [0.05, 0.1) is 24.1 Å². The van der Waals surface area contributed by atoms with Crippen LogP contribution in [0.3, 0.4) is 0 Å². The molecule has 6 N–H and O–H groups in total. The number of carbonyl (C=O) groups is 3. The summed E-state index contributed by atoms with van der Waals surface area (Å²) in [6.07, 6.45) is -4.27. The average molecular weight is 521 g/mol. The Morgan fingerprint density at radius 1 is 1.08 bits per heavy atom. The standard InChI is InChI=1S/C25H31F3N6O3/c1-33(19-14-34(30)15-19)22(35)13-20(29)23(36)32-21(11-10-16-6-3-2-4-7-16)24(37)31-18-9-5-8-17(12-18)25(26,27)28/h2-9,12,19-21H,10-11,13-15,29-30H2,1H3,(H,31,37)(H,32,36). The van der Waals surface area contributed by atoms with Gasteiger partial charge in [0, 0.05) is 25.8 Å². The monoisotopic (exact) mass is 520 g/mol. The summed E-state index contributed by atoms with van der Waals surface area (Å²) in [5.74, 6) is 3.86. The lowest BCUT2D eigenvalue weighted by molar-refractivity contribution is -0.138. The molecule has 0 radical (unpaired) electrons. The Kier molecular flexibility index (Phi) is 9.24. The number of aryl methyl sites for hydroxylation is 1. The van der Waals surface area contributed by atoms with E-state index < -0.39 is 35.6 Å². The molecule has 0 aliphatic carbocycles. The van der Waals surface area contributed by atoms with Gasteiger partial charge in [-0.05, 0) is 36.6 Å². The number of nitrogens with one attached hydrogen (secondary N) is 2. The number of amides is 3. The molecule has 1 heterocycles. The fourth-order valence-corrected chi connectivity index (χ4v) is 3.87. The van der Waals surface area contributed by atoms with Gasteiger partial charge in [-0.25, -0.2) is 5.01 Å². The summed E-state index contributed by atoms with van der Waals surface area (Å²) in [6, 6.07) is 11.0. The number of hydrogen-bond acceptors (Lipinski definition) is 6. The highest BCUT2D eigenvalue weighted by Crippen LogP contribution is 2.30. The second-order valence-electron chi connectivity index (χ2n) is 9.08. The molecule has 3 rings (SSSR count). The zero-order valence-electron chi connectivity index (χ0n) is 20.4. The highest BCUT2D eigenvalue weighted by atomic mass is 19.4. The molecule has 0 saturated carbocycles. The number of benzene rings is 2. The van der Waals surface area contributed by atoms with Crippen LogP contribution in [-0.2, 0) is 27.0 Å².